The summed E-state index contributed by atoms with van der Waals surface area (Å²) in [6.45, 7) is 0. The van der Waals surface area contributed by atoms with Gasteiger partial charge in [-0.1, -0.05) is 10.4 Å². The summed E-state index contributed by atoms with van der Waals surface area (Å²) in [5.74, 6) is -0.378. The van der Waals surface area contributed by atoms with Crippen molar-refractivity contribution in [2.75, 3.05) is 10.6 Å². The van der Waals surface area contributed by atoms with Gasteiger partial charge in [-0.15, -0.1) is 10.2 Å². The van der Waals surface area contributed by atoms with Gasteiger partial charge < -0.3 is 10.6 Å². The van der Waals surface area contributed by atoms with Crippen molar-refractivity contribution in [1.82, 2.24) is 40.0 Å². The zero-order valence-corrected chi connectivity index (χ0v) is 20.5. The molecule has 6 rings (SSSR count). The fourth-order valence-corrected chi connectivity index (χ4v) is 3.63. The molecular weight excluding hydrogens is 484 g/mol. The molecule has 12 nitrogen and oxygen atoms in total. The lowest BCUT2D eigenvalue weighted by atomic mass is 10.2. The lowest BCUT2D eigenvalue weighted by Crippen LogP contribution is -2.12. The van der Waals surface area contributed by atoms with E-state index in [1.807, 2.05) is 13.1 Å². The number of anilines is 2. The molecule has 0 atom stereocenters. The number of nitrogens with zero attached hydrogens (tertiary/aromatic N) is 8. The monoisotopic (exact) mass is 506 g/mol. The van der Waals surface area contributed by atoms with Crippen LogP contribution in [0.25, 0.3) is 22.1 Å². The van der Waals surface area contributed by atoms with Gasteiger partial charge in [-0.05, 0) is 60.7 Å². The van der Waals surface area contributed by atoms with Gasteiger partial charge in [0.15, 0.2) is 0 Å². The number of amides is 2. The van der Waals surface area contributed by atoms with Crippen LogP contribution in [0.15, 0.2) is 85.5 Å². The van der Waals surface area contributed by atoms with Crippen LogP contribution < -0.4 is 10.6 Å². The summed E-state index contributed by atoms with van der Waals surface area (Å²) in [7, 11) is 3.60. The Morgan fingerprint density at radius 1 is 0.658 bits per heavy atom. The highest BCUT2D eigenvalue weighted by molar-refractivity contribution is 6.06. The van der Waals surface area contributed by atoms with Gasteiger partial charge in [-0.25, -0.2) is 9.36 Å². The summed E-state index contributed by atoms with van der Waals surface area (Å²) >= 11 is 0. The number of rotatable bonds is 4. The first kappa shape index (κ1) is 24.2. The summed E-state index contributed by atoms with van der Waals surface area (Å²) in [5, 5.41) is 21.3. The number of hydrogen-bond acceptors (Lipinski definition) is 8. The second-order valence-electron chi connectivity index (χ2n) is 8.22. The fourth-order valence-electron chi connectivity index (χ4n) is 3.63. The minimum absolute atomic E-state index is 0.184. The molecule has 38 heavy (non-hydrogen) atoms. The maximum atomic E-state index is 12.1. The van der Waals surface area contributed by atoms with Gasteiger partial charge in [0.1, 0.15) is 11.0 Å². The number of carbonyl (C=O) groups is 2. The number of aromatic nitrogens is 8. The van der Waals surface area contributed by atoms with E-state index in [2.05, 4.69) is 41.2 Å². The van der Waals surface area contributed by atoms with Crippen LogP contribution in [0, 0.1) is 0 Å². The first-order valence-electron chi connectivity index (χ1n) is 11.5. The fraction of sp³-hybridized carbons (Fsp3) is 0.0769. The van der Waals surface area contributed by atoms with Crippen molar-refractivity contribution >= 4 is 45.3 Å². The standard InChI is InChI=1S/2C13H11N5O/c1-18-12-5-4-9(7-11(12)16-17-18)13(19)15-10-3-2-6-14-8-10;1-18-12-7-9(4-5-11(12)16-17-18)13(19)15-10-3-2-6-14-8-10/h2*2-8H,1H3,(H,15,19). The number of pyridine rings is 2. The SMILES string of the molecule is Cn1nnc2cc(C(=O)Nc3cccnc3)ccc21.Cn1nnc2ccc(C(=O)Nc3cccnc3)cc21. The van der Waals surface area contributed by atoms with Gasteiger partial charge in [0.05, 0.1) is 34.8 Å². The van der Waals surface area contributed by atoms with Gasteiger partial charge in [0.25, 0.3) is 11.8 Å². The van der Waals surface area contributed by atoms with Crippen molar-refractivity contribution in [2.45, 2.75) is 0 Å². The molecule has 12 heteroatoms. The molecule has 2 N–H and O–H groups in total. The largest absolute Gasteiger partial charge is 0.321 e. The molecule has 0 aliphatic heterocycles. The Kier molecular flexibility index (Phi) is 6.76. The molecule has 0 fully saturated rings. The molecule has 0 bridgehead atoms. The van der Waals surface area contributed by atoms with E-state index in [4.69, 9.17) is 0 Å². The molecule has 0 aliphatic carbocycles. The smallest absolute Gasteiger partial charge is 0.255 e. The van der Waals surface area contributed by atoms with Crippen LogP contribution in [-0.2, 0) is 14.1 Å². The third-order valence-electron chi connectivity index (χ3n) is 5.58. The summed E-state index contributed by atoms with van der Waals surface area (Å²) < 4.78 is 3.30. The first-order valence-corrected chi connectivity index (χ1v) is 11.5. The highest BCUT2D eigenvalue weighted by Gasteiger charge is 2.10. The van der Waals surface area contributed by atoms with Crippen molar-refractivity contribution in [3.05, 3.63) is 96.6 Å². The molecule has 0 spiro atoms. The second-order valence-corrected chi connectivity index (χ2v) is 8.22. The van der Waals surface area contributed by atoms with Crippen molar-refractivity contribution < 1.29 is 9.59 Å². The average Bonchev–Trinajstić information content (AvgIpc) is 3.51. The third-order valence-corrected chi connectivity index (χ3v) is 5.58. The molecule has 4 heterocycles. The molecule has 188 valence electrons. The molecular formula is C26H22N10O2. The predicted molar refractivity (Wildman–Crippen MR) is 141 cm³/mol. The Hall–Kier alpha value is -5.52. The van der Waals surface area contributed by atoms with Gasteiger partial charge >= 0.3 is 0 Å². The van der Waals surface area contributed by atoms with E-state index in [0.717, 1.165) is 16.6 Å². The molecule has 2 amide bonds. The van der Waals surface area contributed by atoms with Gasteiger partial charge in [-0.2, -0.15) is 0 Å². The molecule has 0 radical (unpaired) electrons. The Balaban J connectivity index is 0.000000155. The minimum Gasteiger partial charge on any atom is -0.321 e. The second kappa shape index (κ2) is 10.6. The normalized spacial score (nSPS) is 10.6. The Morgan fingerprint density at radius 2 is 1.21 bits per heavy atom. The Morgan fingerprint density at radius 3 is 1.82 bits per heavy atom. The highest BCUT2D eigenvalue weighted by atomic mass is 16.2. The summed E-state index contributed by atoms with van der Waals surface area (Å²) in [6.07, 6.45) is 6.51. The molecule has 4 aromatic heterocycles. The maximum Gasteiger partial charge on any atom is 0.255 e. The minimum atomic E-state index is -0.194. The number of nitrogens with one attached hydrogen (secondary N) is 2. The van der Waals surface area contributed by atoms with Gasteiger partial charge in [0, 0.05) is 37.6 Å². The Bertz CT molecular complexity index is 1730. The zero-order valence-electron chi connectivity index (χ0n) is 20.5. The predicted octanol–water partition coefficient (Wildman–Crippen LogP) is 3.23. The summed E-state index contributed by atoms with van der Waals surface area (Å²) in [5.41, 5.74) is 5.58. The van der Waals surface area contributed by atoms with Crippen LogP contribution in [0.5, 0.6) is 0 Å². The molecule has 2 aromatic carbocycles. The van der Waals surface area contributed by atoms with Crippen LogP contribution in [-0.4, -0.2) is 51.8 Å². The molecule has 0 saturated heterocycles. The lowest BCUT2D eigenvalue weighted by Gasteiger charge is -2.04. The third kappa shape index (κ3) is 5.33. The van der Waals surface area contributed by atoms with E-state index >= 15 is 0 Å². The molecule has 0 aliphatic rings. The quantitative estimate of drug-likeness (QED) is 0.371. The first-order chi connectivity index (χ1) is 18.5. The van der Waals surface area contributed by atoms with Crippen molar-refractivity contribution in [2.24, 2.45) is 14.1 Å². The van der Waals surface area contributed by atoms with Crippen molar-refractivity contribution in [3.8, 4) is 0 Å². The molecule has 6 aromatic rings. The van der Waals surface area contributed by atoms with Crippen LogP contribution in [0.2, 0.25) is 0 Å². The lowest BCUT2D eigenvalue weighted by molar-refractivity contribution is 0.101. The summed E-state index contributed by atoms with van der Waals surface area (Å²) in [4.78, 5) is 32.1. The van der Waals surface area contributed by atoms with Crippen molar-refractivity contribution in [1.29, 1.82) is 0 Å². The van der Waals surface area contributed by atoms with Gasteiger partial charge in [-0.3, -0.25) is 19.6 Å². The maximum absolute atomic E-state index is 12.1. The van der Waals surface area contributed by atoms with Crippen molar-refractivity contribution in [3.63, 3.8) is 0 Å². The van der Waals surface area contributed by atoms with Crippen LogP contribution in [0.3, 0.4) is 0 Å². The van der Waals surface area contributed by atoms with E-state index < -0.39 is 0 Å². The average molecular weight is 507 g/mol. The van der Waals surface area contributed by atoms with E-state index in [9.17, 15) is 9.59 Å². The van der Waals surface area contributed by atoms with E-state index in [1.54, 1.807) is 95.8 Å². The number of aryl methyl sites for hydroxylation is 2. The van der Waals surface area contributed by atoms with E-state index in [-0.39, 0.29) is 11.8 Å². The van der Waals surface area contributed by atoms with Gasteiger partial charge in [0.2, 0.25) is 0 Å². The van der Waals surface area contributed by atoms with Crippen LogP contribution >= 0.6 is 0 Å². The van der Waals surface area contributed by atoms with E-state index in [1.165, 1.54) is 0 Å². The number of hydrogen-bond donors (Lipinski definition) is 2. The number of carbonyl (C=O) groups excluding carboxylic acids is 2. The van der Waals surface area contributed by atoms with Crippen LogP contribution in [0.1, 0.15) is 20.7 Å². The highest BCUT2D eigenvalue weighted by Crippen LogP contribution is 2.15. The molecule has 0 saturated carbocycles. The number of fused-ring (bicyclic) bond motifs is 2. The zero-order chi connectivity index (χ0) is 26.5. The summed E-state index contributed by atoms with van der Waals surface area (Å²) in [6, 6.07) is 17.7. The van der Waals surface area contributed by atoms with Crippen LogP contribution in [0.4, 0.5) is 11.4 Å². The Labute approximate surface area is 216 Å². The molecule has 0 unspecified atom stereocenters. The topological polar surface area (TPSA) is 145 Å². The van der Waals surface area contributed by atoms with E-state index in [0.29, 0.717) is 28.0 Å². The number of benzene rings is 2.